The maximum atomic E-state index is 7.06. The lowest BCUT2D eigenvalue weighted by Gasteiger charge is -2.42. The molecule has 5 heteroatoms. The van der Waals surface area contributed by atoms with Crippen molar-refractivity contribution in [2.24, 2.45) is 10.9 Å². The Morgan fingerprint density at radius 2 is 1.39 bits per heavy atom. The molecule has 1 fully saturated rings. The summed E-state index contributed by atoms with van der Waals surface area (Å²) in [5.41, 5.74) is 16.3. The number of hydrogen-bond acceptors (Lipinski definition) is 5. The van der Waals surface area contributed by atoms with Crippen LogP contribution in [0.25, 0.3) is 11.1 Å². The summed E-state index contributed by atoms with van der Waals surface area (Å²) in [5, 5.41) is 0. The number of fused-ring (bicyclic) bond motifs is 2. The molecule has 1 aliphatic carbocycles. The summed E-state index contributed by atoms with van der Waals surface area (Å²) >= 11 is 0. The predicted octanol–water partition coefficient (Wildman–Crippen LogP) is 15.0. The maximum Gasteiger partial charge on any atom is 0.217 e. The van der Waals surface area contributed by atoms with Crippen LogP contribution >= 0.6 is 0 Å². The monoisotopic (exact) mass is 807 g/mol. The molecule has 9 rings (SSSR count). The smallest absolute Gasteiger partial charge is 0.217 e. The standard InChI is InChI=1S/C56H61N3O2/c1-34-25-37(4)49(38(5)26-34)41-29-42(54-58-51(39-17-13-11-14-18-39)52(61-54)40-19-15-12-16-20-40)31-46(30-41)60-45-28-35(2)27-44(33-45)59-48-22-21-43(55(6,7)8)32-47(48)56(9,10)50-36(3)23-24-57-53(50)59/h12,15-16,19-33,39,51-52H,11,13-14,17-18H2,1-10H3/t51-,52-/m1/s1. The normalized spacial score (nSPS) is 18.6. The topological polar surface area (TPSA) is 47.0 Å². The summed E-state index contributed by atoms with van der Waals surface area (Å²) in [4.78, 5) is 12.9. The van der Waals surface area contributed by atoms with Gasteiger partial charge in [-0.05, 0) is 151 Å². The Morgan fingerprint density at radius 1 is 0.705 bits per heavy atom. The van der Waals surface area contributed by atoms with Crippen LogP contribution in [0.15, 0.2) is 114 Å². The molecule has 0 radical (unpaired) electrons. The fraction of sp³-hybridized carbons (Fsp3) is 0.357. The molecule has 2 atom stereocenters. The average molecular weight is 808 g/mol. The largest absolute Gasteiger partial charge is 0.467 e. The molecule has 3 heterocycles. The molecule has 3 aliphatic rings. The fourth-order valence-electron chi connectivity index (χ4n) is 10.6. The quantitative estimate of drug-likeness (QED) is 0.161. The van der Waals surface area contributed by atoms with E-state index in [2.05, 4.69) is 177 Å². The number of nitrogens with zero attached hydrogens (tertiary/aromatic N) is 3. The third-order valence-electron chi connectivity index (χ3n) is 13.5. The van der Waals surface area contributed by atoms with E-state index >= 15 is 0 Å². The molecule has 0 bridgehead atoms. The van der Waals surface area contributed by atoms with Crippen LogP contribution in [0, 0.1) is 40.5 Å². The van der Waals surface area contributed by atoms with Crippen LogP contribution in [0.1, 0.15) is 128 Å². The zero-order valence-electron chi connectivity index (χ0n) is 37.8. The minimum absolute atomic E-state index is 0.0158. The van der Waals surface area contributed by atoms with Gasteiger partial charge in [0.2, 0.25) is 5.90 Å². The first-order chi connectivity index (χ1) is 29.2. The lowest BCUT2D eigenvalue weighted by atomic mass is 9.71. The number of hydrogen-bond donors (Lipinski definition) is 0. The Kier molecular flexibility index (Phi) is 10.4. The van der Waals surface area contributed by atoms with E-state index in [1.807, 2.05) is 6.20 Å². The average Bonchev–Trinajstić information content (AvgIpc) is 3.66. The van der Waals surface area contributed by atoms with Gasteiger partial charge in [0.1, 0.15) is 23.4 Å². The highest BCUT2D eigenvalue weighted by Crippen LogP contribution is 2.53. The maximum absolute atomic E-state index is 7.06. The molecule has 0 saturated heterocycles. The van der Waals surface area contributed by atoms with Crippen molar-refractivity contribution in [2.75, 3.05) is 4.90 Å². The van der Waals surface area contributed by atoms with E-state index in [1.165, 1.54) is 82.2 Å². The van der Waals surface area contributed by atoms with Crippen LogP contribution in [-0.2, 0) is 15.6 Å². The Morgan fingerprint density at radius 3 is 2.11 bits per heavy atom. The van der Waals surface area contributed by atoms with Gasteiger partial charge in [0.25, 0.3) is 0 Å². The van der Waals surface area contributed by atoms with Crippen molar-refractivity contribution in [2.45, 2.75) is 124 Å². The van der Waals surface area contributed by atoms with Crippen molar-refractivity contribution in [3.05, 3.63) is 165 Å². The van der Waals surface area contributed by atoms with Crippen LogP contribution in [0.5, 0.6) is 11.5 Å². The molecule has 1 saturated carbocycles. The van der Waals surface area contributed by atoms with Crippen molar-refractivity contribution >= 4 is 23.1 Å². The summed E-state index contributed by atoms with van der Waals surface area (Å²) in [6, 6.07) is 37.6. The molecule has 6 aromatic rings. The van der Waals surface area contributed by atoms with Gasteiger partial charge in [-0.3, -0.25) is 4.90 Å². The third kappa shape index (κ3) is 7.66. The summed E-state index contributed by atoms with van der Waals surface area (Å²) < 4.78 is 14.1. The van der Waals surface area contributed by atoms with Crippen molar-refractivity contribution < 1.29 is 9.47 Å². The lowest BCUT2D eigenvalue weighted by molar-refractivity contribution is 0.150. The first kappa shape index (κ1) is 40.7. The molecular weight excluding hydrogens is 747 g/mol. The number of pyridine rings is 1. The van der Waals surface area contributed by atoms with Crippen LogP contribution in [0.3, 0.4) is 0 Å². The molecule has 0 amide bonds. The molecule has 2 aliphatic heterocycles. The number of ether oxygens (including phenoxy) is 2. The van der Waals surface area contributed by atoms with Gasteiger partial charge in [0.05, 0.1) is 17.4 Å². The van der Waals surface area contributed by atoms with Gasteiger partial charge >= 0.3 is 0 Å². The highest BCUT2D eigenvalue weighted by atomic mass is 16.5. The molecule has 5 nitrogen and oxygen atoms in total. The number of rotatable bonds is 7. The summed E-state index contributed by atoms with van der Waals surface area (Å²) in [6.45, 7) is 22.5. The molecule has 61 heavy (non-hydrogen) atoms. The van der Waals surface area contributed by atoms with Crippen molar-refractivity contribution in [3.63, 3.8) is 0 Å². The van der Waals surface area contributed by atoms with E-state index in [0.29, 0.717) is 11.8 Å². The number of aliphatic imine (C=N–C) groups is 1. The van der Waals surface area contributed by atoms with Crippen molar-refractivity contribution in [1.82, 2.24) is 4.98 Å². The number of benzene rings is 5. The first-order valence-electron chi connectivity index (χ1n) is 22.4. The molecule has 0 spiro atoms. The van der Waals surface area contributed by atoms with Gasteiger partial charge in [-0.1, -0.05) is 114 Å². The number of anilines is 3. The second-order valence-corrected chi connectivity index (χ2v) is 19.7. The van der Waals surface area contributed by atoms with Gasteiger partial charge in [-0.25, -0.2) is 9.98 Å². The molecule has 5 aromatic carbocycles. The highest BCUT2D eigenvalue weighted by Gasteiger charge is 2.41. The summed E-state index contributed by atoms with van der Waals surface area (Å²) in [6.07, 6.45) is 8.02. The van der Waals surface area contributed by atoms with Crippen LogP contribution in [0.2, 0.25) is 0 Å². The molecular formula is C56H61N3O2. The molecule has 0 N–H and O–H groups in total. The molecule has 1 aromatic heterocycles. The summed E-state index contributed by atoms with van der Waals surface area (Å²) in [5.74, 6) is 3.67. The van der Waals surface area contributed by atoms with Gasteiger partial charge in [0.15, 0.2) is 0 Å². The Hall–Kier alpha value is -5.68. The Bertz CT molecular complexity index is 2640. The Balaban J connectivity index is 1.16. The molecule has 312 valence electrons. The highest BCUT2D eigenvalue weighted by molar-refractivity contribution is 5.97. The van der Waals surface area contributed by atoms with Gasteiger partial charge < -0.3 is 9.47 Å². The van der Waals surface area contributed by atoms with E-state index in [0.717, 1.165) is 45.4 Å². The molecule has 0 unspecified atom stereocenters. The van der Waals surface area contributed by atoms with Crippen LogP contribution < -0.4 is 9.64 Å². The van der Waals surface area contributed by atoms with Gasteiger partial charge in [-0.15, -0.1) is 0 Å². The first-order valence-corrected chi connectivity index (χ1v) is 22.4. The Labute approximate surface area is 363 Å². The second kappa shape index (κ2) is 15.7. The predicted molar refractivity (Wildman–Crippen MR) is 253 cm³/mol. The van der Waals surface area contributed by atoms with Gasteiger partial charge in [0, 0.05) is 28.8 Å². The van der Waals surface area contributed by atoms with E-state index in [9.17, 15) is 0 Å². The second-order valence-electron chi connectivity index (χ2n) is 19.7. The van der Waals surface area contributed by atoms with Crippen molar-refractivity contribution in [1.29, 1.82) is 0 Å². The fourth-order valence-corrected chi connectivity index (χ4v) is 10.6. The van der Waals surface area contributed by atoms with E-state index in [1.54, 1.807) is 0 Å². The van der Waals surface area contributed by atoms with Crippen molar-refractivity contribution in [3.8, 4) is 22.6 Å². The summed E-state index contributed by atoms with van der Waals surface area (Å²) in [7, 11) is 0. The SMILES string of the molecule is Cc1cc(Oc2cc(C3=N[C@H](C4CCCCC4)[C@@H](c4ccccc4)O3)cc(-c3c(C)cc(C)cc3C)c2)cc(N2c3ccc(C(C)(C)C)cc3C(C)(C)c3c(C)ccnc32)c1. The lowest BCUT2D eigenvalue weighted by Crippen LogP contribution is -2.33. The number of aryl methyl sites for hydroxylation is 5. The zero-order chi connectivity index (χ0) is 42.8. The van der Waals surface area contributed by atoms with Gasteiger partial charge in [-0.2, -0.15) is 0 Å². The van der Waals surface area contributed by atoms with E-state index < -0.39 is 0 Å². The zero-order valence-corrected chi connectivity index (χ0v) is 37.8. The van der Waals surface area contributed by atoms with Crippen LogP contribution in [0.4, 0.5) is 17.2 Å². The minimum Gasteiger partial charge on any atom is -0.467 e. The number of aromatic nitrogens is 1. The van der Waals surface area contributed by atoms with E-state index in [4.69, 9.17) is 19.5 Å². The van der Waals surface area contributed by atoms with E-state index in [-0.39, 0.29) is 23.0 Å². The minimum atomic E-state index is -0.243. The third-order valence-corrected chi connectivity index (χ3v) is 13.5. The van der Waals surface area contributed by atoms with Crippen LogP contribution in [-0.4, -0.2) is 16.9 Å².